The zero-order valence-corrected chi connectivity index (χ0v) is 14.1. The van der Waals surface area contributed by atoms with Crippen molar-refractivity contribution in [3.63, 3.8) is 0 Å². The predicted molar refractivity (Wildman–Crippen MR) is 95.1 cm³/mol. The number of hydrogen-bond donors (Lipinski definition) is 3. The van der Waals surface area contributed by atoms with Crippen LogP contribution in [0.15, 0.2) is 47.6 Å². The van der Waals surface area contributed by atoms with Crippen LogP contribution in [0.4, 0.5) is 5.69 Å². The molecule has 0 aliphatic heterocycles. The largest absolute Gasteiger partial charge is 0.504 e. The van der Waals surface area contributed by atoms with Crippen molar-refractivity contribution in [1.29, 1.82) is 0 Å². The number of hydrogen-bond acceptors (Lipinski definition) is 5. The minimum atomic E-state index is -0.921. The summed E-state index contributed by atoms with van der Waals surface area (Å²) in [6.07, 6.45) is 1.33. The number of ether oxygens (including phenoxy) is 1. The van der Waals surface area contributed by atoms with Gasteiger partial charge in [-0.1, -0.05) is 11.6 Å². The maximum atomic E-state index is 11.7. The van der Waals surface area contributed by atoms with Gasteiger partial charge in [0.15, 0.2) is 11.5 Å². The Morgan fingerprint density at radius 1 is 1.20 bits per heavy atom. The van der Waals surface area contributed by atoms with E-state index in [1.165, 1.54) is 12.3 Å². The van der Waals surface area contributed by atoms with Crippen molar-refractivity contribution in [1.82, 2.24) is 5.43 Å². The number of amides is 2. The van der Waals surface area contributed by atoms with Gasteiger partial charge in [0.25, 0.3) is 0 Å². The number of phenols is 1. The monoisotopic (exact) mass is 361 g/mol. The average Bonchev–Trinajstić information content (AvgIpc) is 2.59. The molecule has 7 nitrogen and oxygen atoms in total. The first-order valence-electron chi connectivity index (χ1n) is 7.35. The average molecular weight is 362 g/mol. The quantitative estimate of drug-likeness (QED) is 0.433. The molecule has 0 radical (unpaired) electrons. The Bertz CT molecular complexity index is 791. The van der Waals surface area contributed by atoms with Gasteiger partial charge >= 0.3 is 11.8 Å². The van der Waals surface area contributed by atoms with Crippen molar-refractivity contribution in [2.24, 2.45) is 5.10 Å². The number of carbonyl (C=O) groups excluding carboxylic acids is 2. The molecule has 0 spiro atoms. The van der Waals surface area contributed by atoms with E-state index in [1.807, 2.05) is 0 Å². The van der Waals surface area contributed by atoms with Crippen LogP contribution in [0.1, 0.15) is 12.5 Å². The zero-order chi connectivity index (χ0) is 18.2. The summed E-state index contributed by atoms with van der Waals surface area (Å²) in [7, 11) is 0. The molecule has 0 aliphatic rings. The summed E-state index contributed by atoms with van der Waals surface area (Å²) in [6.45, 7) is 2.19. The Kier molecular flexibility index (Phi) is 6.36. The summed E-state index contributed by atoms with van der Waals surface area (Å²) in [4.78, 5) is 23.4. The van der Waals surface area contributed by atoms with E-state index in [9.17, 15) is 14.7 Å². The van der Waals surface area contributed by atoms with Gasteiger partial charge < -0.3 is 15.2 Å². The summed E-state index contributed by atoms with van der Waals surface area (Å²) < 4.78 is 5.25. The van der Waals surface area contributed by atoms with Gasteiger partial charge in [0, 0.05) is 10.7 Å². The van der Waals surface area contributed by atoms with Crippen LogP contribution in [-0.2, 0) is 9.59 Å². The number of hydrazone groups is 1. The third-order valence-electron chi connectivity index (χ3n) is 2.97. The van der Waals surface area contributed by atoms with Crippen LogP contribution in [0.5, 0.6) is 11.5 Å². The Labute approximate surface area is 149 Å². The van der Waals surface area contributed by atoms with Crippen molar-refractivity contribution < 1.29 is 19.4 Å². The van der Waals surface area contributed by atoms with Gasteiger partial charge in [0.05, 0.1) is 12.8 Å². The molecule has 2 rings (SSSR count). The summed E-state index contributed by atoms with van der Waals surface area (Å²) in [5.74, 6) is -1.47. The van der Waals surface area contributed by atoms with E-state index in [4.69, 9.17) is 16.3 Å². The van der Waals surface area contributed by atoms with Crippen molar-refractivity contribution in [3.05, 3.63) is 53.1 Å². The minimum Gasteiger partial charge on any atom is -0.504 e. The van der Waals surface area contributed by atoms with Crippen LogP contribution < -0.4 is 15.5 Å². The first kappa shape index (κ1) is 18.3. The summed E-state index contributed by atoms with van der Waals surface area (Å²) in [5.41, 5.74) is 3.14. The van der Waals surface area contributed by atoms with E-state index < -0.39 is 11.8 Å². The van der Waals surface area contributed by atoms with Crippen molar-refractivity contribution >= 4 is 35.3 Å². The maximum absolute atomic E-state index is 11.7. The third kappa shape index (κ3) is 5.50. The molecular formula is C17H16ClN3O4. The normalized spacial score (nSPS) is 10.5. The second kappa shape index (κ2) is 8.70. The standard InChI is InChI=1S/C17H16ClN3O4/c1-2-25-15-9-11(3-8-14(15)22)10-19-21-17(24)16(23)20-13-6-4-12(18)5-7-13/h3-10,22H,2H2,1H3,(H,20,23)(H,21,24)/b19-10-. The molecule has 0 saturated heterocycles. The van der Waals surface area contributed by atoms with E-state index in [-0.39, 0.29) is 5.75 Å². The molecule has 0 fully saturated rings. The predicted octanol–water partition coefficient (Wildman–Crippen LogP) is 2.53. The van der Waals surface area contributed by atoms with Gasteiger partial charge in [0.1, 0.15) is 0 Å². The van der Waals surface area contributed by atoms with Crippen molar-refractivity contribution in [2.45, 2.75) is 6.92 Å². The number of rotatable bonds is 5. The second-order valence-corrected chi connectivity index (χ2v) is 5.26. The SMILES string of the molecule is CCOc1cc(/C=N\NC(=O)C(=O)Nc2ccc(Cl)cc2)ccc1O. The third-order valence-corrected chi connectivity index (χ3v) is 3.22. The molecule has 0 heterocycles. The second-order valence-electron chi connectivity index (χ2n) is 4.82. The molecule has 0 atom stereocenters. The lowest BCUT2D eigenvalue weighted by molar-refractivity contribution is -0.136. The molecule has 3 N–H and O–H groups in total. The molecule has 0 unspecified atom stereocenters. The Morgan fingerprint density at radius 3 is 2.60 bits per heavy atom. The fourth-order valence-electron chi connectivity index (χ4n) is 1.82. The van der Waals surface area contributed by atoms with Crippen LogP contribution in [-0.4, -0.2) is 29.7 Å². The van der Waals surface area contributed by atoms with Gasteiger partial charge in [-0.25, -0.2) is 5.43 Å². The summed E-state index contributed by atoms with van der Waals surface area (Å²) in [6, 6.07) is 10.9. The number of benzene rings is 2. The van der Waals surface area contributed by atoms with Crippen molar-refractivity contribution in [2.75, 3.05) is 11.9 Å². The Balaban J connectivity index is 1.92. The topological polar surface area (TPSA) is 100 Å². The number of anilines is 1. The van der Waals surface area contributed by atoms with Gasteiger partial charge in [-0.15, -0.1) is 0 Å². The van der Waals surface area contributed by atoms with E-state index in [1.54, 1.807) is 43.3 Å². The highest BCUT2D eigenvalue weighted by molar-refractivity contribution is 6.39. The Morgan fingerprint density at radius 2 is 1.92 bits per heavy atom. The maximum Gasteiger partial charge on any atom is 0.329 e. The molecule has 8 heteroatoms. The number of aromatic hydroxyl groups is 1. The molecule has 25 heavy (non-hydrogen) atoms. The van der Waals surface area contributed by atoms with Crippen LogP contribution in [0, 0.1) is 0 Å². The molecule has 0 aromatic heterocycles. The van der Waals surface area contributed by atoms with Crippen molar-refractivity contribution in [3.8, 4) is 11.5 Å². The van der Waals surface area contributed by atoms with Gasteiger partial charge in [-0.2, -0.15) is 5.10 Å². The van der Waals surface area contributed by atoms with Gasteiger partial charge in [0.2, 0.25) is 0 Å². The Hall–Kier alpha value is -3.06. The van der Waals surface area contributed by atoms with Crippen LogP contribution >= 0.6 is 11.6 Å². The van der Waals surface area contributed by atoms with Crippen LogP contribution in [0.25, 0.3) is 0 Å². The van der Waals surface area contributed by atoms with E-state index in [0.717, 1.165) is 0 Å². The number of phenolic OH excluding ortho intramolecular Hbond substituents is 1. The fraction of sp³-hybridized carbons (Fsp3) is 0.118. The smallest absolute Gasteiger partial charge is 0.329 e. The highest BCUT2D eigenvalue weighted by Gasteiger charge is 2.12. The van der Waals surface area contributed by atoms with Crippen LogP contribution in [0.3, 0.4) is 0 Å². The number of carbonyl (C=O) groups is 2. The van der Waals surface area contributed by atoms with E-state index in [2.05, 4.69) is 15.8 Å². The molecule has 0 saturated carbocycles. The molecule has 130 valence electrons. The highest BCUT2D eigenvalue weighted by Crippen LogP contribution is 2.26. The lowest BCUT2D eigenvalue weighted by Crippen LogP contribution is -2.32. The lowest BCUT2D eigenvalue weighted by Gasteiger charge is -2.06. The molecule has 0 bridgehead atoms. The minimum absolute atomic E-state index is 0.00498. The molecule has 2 amide bonds. The van der Waals surface area contributed by atoms with Gasteiger partial charge in [-0.05, 0) is 55.0 Å². The molecular weight excluding hydrogens is 346 g/mol. The first-order chi connectivity index (χ1) is 12.0. The molecule has 2 aromatic rings. The van der Waals surface area contributed by atoms with E-state index in [0.29, 0.717) is 28.6 Å². The summed E-state index contributed by atoms with van der Waals surface area (Å²) in [5, 5.41) is 16.2. The molecule has 0 aliphatic carbocycles. The number of nitrogens with one attached hydrogen (secondary N) is 2. The van der Waals surface area contributed by atoms with Crippen LogP contribution in [0.2, 0.25) is 5.02 Å². The van der Waals surface area contributed by atoms with Gasteiger partial charge in [-0.3, -0.25) is 9.59 Å². The van der Waals surface area contributed by atoms with E-state index >= 15 is 0 Å². The number of halogens is 1. The number of nitrogens with zero attached hydrogens (tertiary/aromatic N) is 1. The zero-order valence-electron chi connectivity index (χ0n) is 13.3. The summed E-state index contributed by atoms with van der Waals surface area (Å²) >= 11 is 5.74. The highest BCUT2D eigenvalue weighted by atomic mass is 35.5. The first-order valence-corrected chi connectivity index (χ1v) is 7.73. The lowest BCUT2D eigenvalue weighted by atomic mass is 10.2. The molecule has 2 aromatic carbocycles. The fourth-order valence-corrected chi connectivity index (χ4v) is 1.95.